The van der Waals surface area contributed by atoms with Crippen molar-refractivity contribution in [1.82, 2.24) is 25.0 Å². The molecule has 6 rings (SSSR count). The summed E-state index contributed by atoms with van der Waals surface area (Å²) < 4.78 is 30.3. The average Bonchev–Trinajstić information content (AvgIpc) is 3.46. The van der Waals surface area contributed by atoms with E-state index in [-0.39, 0.29) is 34.4 Å². The number of nitrogens with zero attached hydrogens (tertiary/aromatic N) is 6. The molecule has 0 unspecified atom stereocenters. The van der Waals surface area contributed by atoms with Crippen molar-refractivity contribution in [3.05, 3.63) is 107 Å². The van der Waals surface area contributed by atoms with Crippen LogP contribution in [0.25, 0.3) is 33.3 Å². The molecule has 14 heteroatoms. The average molecular weight is 645 g/mol. The second kappa shape index (κ2) is 12.7. The number of pyridine rings is 2. The molecular formula is C31H25ClN6O6S. The van der Waals surface area contributed by atoms with Crippen molar-refractivity contribution in [3.8, 4) is 11.3 Å². The van der Waals surface area contributed by atoms with E-state index in [0.717, 1.165) is 28.6 Å². The van der Waals surface area contributed by atoms with Gasteiger partial charge < -0.3 is 5.11 Å². The summed E-state index contributed by atoms with van der Waals surface area (Å²) in [5.74, 6) is -0.626. The number of fused-ring (bicyclic) bond motifs is 2. The molecule has 0 aliphatic heterocycles. The molecule has 0 spiro atoms. The lowest BCUT2D eigenvalue weighted by atomic mass is 10.1. The van der Waals surface area contributed by atoms with Crippen molar-refractivity contribution in [3.63, 3.8) is 0 Å². The Bertz CT molecular complexity index is 2140. The number of hydroxylamine groups is 1. The van der Waals surface area contributed by atoms with Gasteiger partial charge in [-0.15, -0.1) is 5.10 Å². The van der Waals surface area contributed by atoms with Gasteiger partial charge in [0, 0.05) is 17.1 Å². The van der Waals surface area contributed by atoms with Crippen LogP contribution in [0.2, 0.25) is 5.02 Å². The van der Waals surface area contributed by atoms with Crippen LogP contribution >= 0.6 is 11.6 Å². The molecule has 3 heterocycles. The Hall–Kier alpha value is -4.79. The van der Waals surface area contributed by atoms with E-state index in [9.17, 15) is 18.3 Å². The van der Waals surface area contributed by atoms with Gasteiger partial charge >= 0.3 is 0 Å². The molecule has 6 aromatic rings. The van der Waals surface area contributed by atoms with Gasteiger partial charge in [0.25, 0.3) is 16.0 Å². The summed E-state index contributed by atoms with van der Waals surface area (Å²) in [5, 5.41) is 20.0. The van der Waals surface area contributed by atoms with Crippen molar-refractivity contribution in [2.75, 3.05) is 25.4 Å². The Morgan fingerprint density at radius 1 is 1.00 bits per heavy atom. The molecule has 1 N–H and O–H groups in total. The van der Waals surface area contributed by atoms with Crippen molar-refractivity contribution >= 4 is 55.4 Å². The van der Waals surface area contributed by atoms with E-state index in [4.69, 9.17) is 21.4 Å². The fourth-order valence-corrected chi connectivity index (χ4v) is 5.62. The molecule has 3 aromatic carbocycles. The standard InChI is InChI=1S/C31H25ClN6O6S/c1-43-45(41,42)24-8-6-23(7-9-24)38(44-16-15-39)31(40)25-10-5-22(18-26(25)32)28-12-13-29-30(34-28)37(36-35-29)19-20-4-11-27-21(17-20)3-2-14-33-27/h2-14,17-18,39H,15-16,19H2,1H3. The summed E-state index contributed by atoms with van der Waals surface area (Å²) in [5.41, 5.74) is 4.71. The Kier molecular flexibility index (Phi) is 8.52. The van der Waals surface area contributed by atoms with Crippen molar-refractivity contribution < 1.29 is 27.3 Å². The molecule has 3 aromatic heterocycles. The molecule has 0 aliphatic rings. The maximum atomic E-state index is 13.6. The Morgan fingerprint density at radius 2 is 1.80 bits per heavy atom. The minimum Gasteiger partial charge on any atom is -0.394 e. The second-order valence-corrected chi connectivity index (χ2v) is 11.9. The van der Waals surface area contributed by atoms with Gasteiger partial charge in [-0.05, 0) is 72.3 Å². The molecule has 0 radical (unpaired) electrons. The first-order valence-corrected chi connectivity index (χ1v) is 15.4. The smallest absolute Gasteiger partial charge is 0.296 e. The third-order valence-electron chi connectivity index (χ3n) is 6.93. The number of hydrogen-bond donors (Lipinski definition) is 1. The van der Waals surface area contributed by atoms with Crippen LogP contribution in [0.3, 0.4) is 0 Å². The van der Waals surface area contributed by atoms with Gasteiger partial charge in [-0.2, -0.15) is 13.5 Å². The molecule has 45 heavy (non-hydrogen) atoms. The van der Waals surface area contributed by atoms with Crippen LogP contribution in [0.5, 0.6) is 0 Å². The third-order valence-corrected chi connectivity index (χ3v) is 8.53. The first-order chi connectivity index (χ1) is 21.8. The molecule has 228 valence electrons. The van der Waals surface area contributed by atoms with Crippen LogP contribution in [0.1, 0.15) is 15.9 Å². The Morgan fingerprint density at radius 3 is 2.56 bits per heavy atom. The normalized spacial score (nSPS) is 11.7. The van der Waals surface area contributed by atoms with Crippen LogP contribution in [0.15, 0.2) is 96.0 Å². The van der Waals surface area contributed by atoms with Crippen LogP contribution in [-0.4, -0.2) is 64.7 Å². The molecule has 0 aliphatic carbocycles. The van der Waals surface area contributed by atoms with Gasteiger partial charge in [0.1, 0.15) is 5.52 Å². The number of aliphatic hydroxyl groups is 1. The van der Waals surface area contributed by atoms with Crippen LogP contribution < -0.4 is 5.06 Å². The minimum absolute atomic E-state index is 0.0960. The molecule has 0 atom stereocenters. The van der Waals surface area contributed by atoms with Crippen LogP contribution in [-0.2, 0) is 25.7 Å². The quantitative estimate of drug-likeness (QED) is 0.165. The number of aliphatic hydroxyl groups excluding tert-OH is 1. The Balaban J connectivity index is 1.27. The largest absolute Gasteiger partial charge is 0.394 e. The topological polar surface area (TPSA) is 150 Å². The second-order valence-electron chi connectivity index (χ2n) is 9.78. The number of aromatic nitrogens is 5. The molecule has 0 saturated carbocycles. The monoisotopic (exact) mass is 644 g/mol. The number of halogens is 1. The predicted molar refractivity (Wildman–Crippen MR) is 167 cm³/mol. The molecule has 1 amide bonds. The summed E-state index contributed by atoms with van der Waals surface area (Å²) in [4.78, 5) is 28.1. The van der Waals surface area contributed by atoms with Crippen molar-refractivity contribution in [1.29, 1.82) is 0 Å². The molecule has 0 bridgehead atoms. The molecule has 0 fully saturated rings. The summed E-state index contributed by atoms with van der Waals surface area (Å²) in [6, 6.07) is 23.7. The van der Waals surface area contributed by atoms with Crippen molar-refractivity contribution in [2.24, 2.45) is 0 Å². The fourth-order valence-electron chi connectivity index (χ4n) is 4.70. The van der Waals surface area contributed by atoms with E-state index in [1.807, 2.05) is 30.3 Å². The molecular weight excluding hydrogens is 620 g/mol. The first kappa shape index (κ1) is 30.2. The number of hydrogen-bond acceptors (Lipinski definition) is 10. The van der Waals surface area contributed by atoms with Gasteiger partial charge in [0.2, 0.25) is 0 Å². The summed E-state index contributed by atoms with van der Waals surface area (Å²) >= 11 is 6.62. The van der Waals surface area contributed by atoms with E-state index < -0.39 is 16.0 Å². The van der Waals surface area contributed by atoms with E-state index >= 15 is 0 Å². The zero-order valence-corrected chi connectivity index (χ0v) is 25.3. The first-order valence-electron chi connectivity index (χ1n) is 13.6. The van der Waals surface area contributed by atoms with Gasteiger partial charge in [-0.3, -0.25) is 18.8 Å². The molecule has 12 nitrogen and oxygen atoms in total. The Labute approximate surface area is 262 Å². The highest BCUT2D eigenvalue weighted by Gasteiger charge is 2.23. The van der Waals surface area contributed by atoms with Gasteiger partial charge in [-0.1, -0.05) is 35.0 Å². The summed E-state index contributed by atoms with van der Waals surface area (Å²) in [6.45, 7) is -0.0976. The maximum Gasteiger partial charge on any atom is 0.296 e. The zero-order chi connectivity index (χ0) is 31.6. The van der Waals surface area contributed by atoms with E-state index in [1.54, 1.807) is 35.1 Å². The molecule has 0 saturated heterocycles. The zero-order valence-electron chi connectivity index (χ0n) is 23.7. The van der Waals surface area contributed by atoms with Gasteiger partial charge in [0.05, 0.1) is 59.2 Å². The highest BCUT2D eigenvalue weighted by Crippen LogP contribution is 2.29. The maximum absolute atomic E-state index is 13.6. The highest BCUT2D eigenvalue weighted by atomic mass is 35.5. The highest BCUT2D eigenvalue weighted by molar-refractivity contribution is 7.86. The van der Waals surface area contributed by atoms with Crippen molar-refractivity contribution in [2.45, 2.75) is 11.4 Å². The number of carbonyl (C=O) groups excluding carboxylic acids is 1. The number of rotatable bonds is 10. The number of benzene rings is 3. The fraction of sp³-hybridized carbons (Fsp3) is 0.129. The number of carbonyl (C=O) groups is 1. The van der Waals surface area contributed by atoms with Gasteiger partial charge in [0.15, 0.2) is 5.65 Å². The van der Waals surface area contributed by atoms with E-state index in [1.165, 1.54) is 24.3 Å². The lowest BCUT2D eigenvalue weighted by molar-refractivity contribution is 0.0528. The number of anilines is 1. The minimum atomic E-state index is -3.93. The summed E-state index contributed by atoms with van der Waals surface area (Å²) in [7, 11) is -2.87. The van der Waals surface area contributed by atoms with Crippen LogP contribution in [0, 0.1) is 0 Å². The lowest BCUT2D eigenvalue weighted by Gasteiger charge is -2.22. The summed E-state index contributed by atoms with van der Waals surface area (Å²) in [6.07, 6.45) is 1.76. The SMILES string of the molecule is COS(=O)(=O)c1ccc(N(OCCO)C(=O)c2ccc(-c3ccc4nnn(Cc5ccc6ncccc6c5)c4n3)cc2Cl)cc1. The lowest BCUT2D eigenvalue weighted by Crippen LogP contribution is -2.32. The van der Waals surface area contributed by atoms with E-state index in [0.29, 0.717) is 29.0 Å². The van der Waals surface area contributed by atoms with E-state index in [2.05, 4.69) is 25.5 Å². The van der Waals surface area contributed by atoms with Gasteiger partial charge in [-0.25, -0.2) is 9.67 Å². The third kappa shape index (κ3) is 6.25. The number of amides is 1. The predicted octanol–water partition coefficient (Wildman–Crippen LogP) is 4.65. The van der Waals surface area contributed by atoms with Crippen LogP contribution in [0.4, 0.5) is 5.69 Å².